The summed E-state index contributed by atoms with van der Waals surface area (Å²) in [4.78, 5) is 25.2. The summed E-state index contributed by atoms with van der Waals surface area (Å²) in [7, 11) is 0. The number of piperidine rings is 1. The first-order chi connectivity index (χ1) is 12.1. The molecule has 4 rings (SSSR count). The summed E-state index contributed by atoms with van der Waals surface area (Å²) in [5.41, 5.74) is 1.54. The number of fused-ring (bicyclic) bond motifs is 1. The Morgan fingerprint density at radius 3 is 2.76 bits per heavy atom. The zero-order valence-corrected chi connectivity index (χ0v) is 13.4. The maximum atomic E-state index is 13.3. The van der Waals surface area contributed by atoms with E-state index in [2.05, 4.69) is 19.9 Å². The van der Waals surface area contributed by atoms with Crippen LogP contribution in [0, 0.1) is 5.82 Å². The Morgan fingerprint density at radius 2 is 2.00 bits per heavy atom. The topological polar surface area (TPSA) is 82.1 Å². The van der Waals surface area contributed by atoms with Gasteiger partial charge in [-0.05, 0) is 43.2 Å². The van der Waals surface area contributed by atoms with Gasteiger partial charge in [0.1, 0.15) is 17.5 Å². The van der Waals surface area contributed by atoms with Crippen molar-refractivity contribution in [3.63, 3.8) is 0 Å². The second-order valence-electron chi connectivity index (χ2n) is 6.23. The molecule has 1 aliphatic heterocycles. The predicted molar refractivity (Wildman–Crippen MR) is 91.4 cm³/mol. The lowest BCUT2D eigenvalue weighted by Crippen LogP contribution is -2.34. The van der Waals surface area contributed by atoms with Crippen molar-refractivity contribution in [3.05, 3.63) is 53.7 Å². The van der Waals surface area contributed by atoms with Gasteiger partial charge < -0.3 is 15.0 Å². The minimum atomic E-state index is -1.02. The second kappa shape index (κ2) is 6.16. The van der Waals surface area contributed by atoms with Crippen LogP contribution in [-0.4, -0.2) is 39.1 Å². The van der Waals surface area contributed by atoms with Crippen molar-refractivity contribution < 1.29 is 14.3 Å². The van der Waals surface area contributed by atoms with E-state index < -0.39 is 5.97 Å². The molecule has 1 aromatic carbocycles. The molecule has 0 spiro atoms. The fourth-order valence-electron chi connectivity index (χ4n) is 3.30. The molecule has 128 valence electrons. The summed E-state index contributed by atoms with van der Waals surface area (Å²) in [6.07, 6.45) is 1.75. The average Bonchev–Trinajstić information content (AvgIpc) is 3.05. The van der Waals surface area contributed by atoms with Gasteiger partial charge in [-0.3, -0.25) is 0 Å². The summed E-state index contributed by atoms with van der Waals surface area (Å²) in [5, 5.41) is 9.07. The van der Waals surface area contributed by atoms with Crippen LogP contribution in [0.3, 0.4) is 0 Å². The number of rotatable bonds is 3. The van der Waals surface area contributed by atoms with Gasteiger partial charge in [-0.1, -0.05) is 6.07 Å². The van der Waals surface area contributed by atoms with Gasteiger partial charge in [0.25, 0.3) is 0 Å². The third-order valence-electron chi connectivity index (χ3n) is 4.62. The van der Waals surface area contributed by atoms with Gasteiger partial charge in [-0.2, -0.15) is 0 Å². The average molecular weight is 340 g/mol. The molecule has 0 bridgehead atoms. The Morgan fingerprint density at radius 1 is 1.20 bits per heavy atom. The molecule has 2 N–H and O–H groups in total. The van der Waals surface area contributed by atoms with E-state index in [1.54, 1.807) is 12.1 Å². The Balaban J connectivity index is 1.49. The number of nitrogens with zero attached hydrogens (tertiary/aromatic N) is 3. The Hall–Kier alpha value is -2.96. The molecule has 25 heavy (non-hydrogen) atoms. The van der Waals surface area contributed by atoms with Crippen molar-refractivity contribution in [2.24, 2.45) is 0 Å². The van der Waals surface area contributed by atoms with Gasteiger partial charge in [0.15, 0.2) is 5.69 Å². The van der Waals surface area contributed by atoms with Gasteiger partial charge in [0.2, 0.25) is 0 Å². The number of H-pyrrole nitrogens is 1. The molecule has 3 aromatic rings. The van der Waals surface area contributed by atoms with E-state index in [9.17, 15) is 9.18 Å². The van der Waals surface area contributed by atoms with Crippen LogP contribution in [0.25, 0.3) is 11.0 Å². The number of carboxylic acids is 1. The summed E-state index contributed by atoms with van der Waals surface area (Å²) in [5.74, 6) is 0.542. The number of carbonyl (C=O) groups is 1. The molecule has 0 radical (unpaired) electrons. The summed E-state index contributed by atoms with van der Waals surface area (Å²) >= 11 is 0. The van der Waals surface area contributed by atoms with Crippen molar-refractivity contribution in [1.29, 1.82) is 0 Å². The molecule has 6 nitrogen and oxygen atoms in total. The van der Waals surface area contributed by atoms with Crippen LogP contribution in [0.15, 0.2) is 36.4 Å². The van der Waals surface area contributed by atoms with Gasteiger partial charge in [0.05, 0.1) is 11.0 Å². The summed E-state index contributed by atoms with van der Waals surface area (Å²) in [6, 6.07) is 9.59. The first kappa shape index (κ1) is 15.6. The van der Waals surface area contributed by atoms with Crippen molar-refractivity contribution in [2.75, 3.05) is 18.0 Å². The fraction of sp³-hybridized carbons (Fsp3) is 0.278. The maximum Gasteiger partial charge on any atom is 0.354 e. The van der Waals surface area contributed by atoms with Crippen LogP contribution in [0.1, 0.15) is 35.1 Å². The maximum absolute atomic E-state index is 13.3. The number of aromatic nitrogens is 3. The molecule has 1 aliphatic rings. The van der Waals surface area contributed by atoms with E-state index in [1.165, 1.54) is 18.2 Å². The lowest BCUT2D eigenvalue weighted by molar-refractivity contribution is 0.0690. The molecule has 0 unspecified atom stereocenters. The Bertz CT molecular complexity index is 932. The smallest absolute Gasteiger partial charge is 0.354 e. The van der Waals surface area contributed by atoms with E-state index in [1.807, 2.05) is 6.07 Å². The van der Waals surface area contributed by atoms with E-state index in [-0.39, 0.29) is 17.4 Å². The van der Waals surface area contributed by atoms with Gasteiger partial charge in [0, 0.05) is 19.0 Å². The lowest BCUT2D eigenvalue weighted by Gasteiger charge is -2.32. The number of pyridine rings is 1. The number of benzene rings is 1. The van der Waals surface area contributed by atoms with E-state index >= 15 is 0 Å². The zero-order chi connectivity index (χ0) is 17.4. The van der Waals surface area contributed by atoms with Crippen molar-refractivity contribution >= 4 is 22.8 Å². The number of halogens is 1. The summed E-state index contributed by atoms with van der Waals surface area (Å²) in [6.45, 7) is 1.54. The normalized spacial score (nSPS) is 15.6. The highest BCUT2D eigenvalue weighted by Crippen LogP contribution is 2.29. The van der Waals surface area contributed by atoms with E-state index in [4.69, 9.17) is 5.11 Å². The van der Waals surface area contributed by atoms with Crippen LogP contribution in [0.4, 0.5) is 10.2 Å². The molecule has 0 atom stereocenters. The largest absolute Gasteiger partial charge is 0.477 e. The third-order valence-corrected chi connectivity index (χ3v) is 4.62. The van der Waals surface area contributed by atoms with Crippen LogP contribution in [0.5, 0.6) is 0 Å². The number of aromatic carboxylic acids is 1. The standard InChI is InChI=1S/C18H17FN4O2/c19-12-4-5-13-15(10-12)22-17(21-13)11-6-8-23(9-7-11)16-3-1-2-14(20-16)18(24)25/h1-5,10-11H,6-9H2,(H,21,22)(H,24,25). The highest BCUT2D eigenvalue weighted by atomic mass is 19.1. The van der Waals surface area contributed by atoms with Crippen LogP contribution < -0.4 is 4.90 Å². The van der Waals surface area contributed by atoms with Crippen LogP contribution >= 0.6 is 0 Å². The first-order valence-corrected chi connectivity index (χ1v) is 8.20. The number of nitrogens with one attached hydrogen (secondary N) is 1. The highest BCUT2D eigenvalue weighted by molar-refractivity contribution is 5.85. The van der Waals surface area contributed by atoms with Crippen molar-refractivity contribution in [2.45, 2.75) is 18.8 Å². The minimum Gasteiger partial charge on any atom is -0.477 e. The molecule has 7 heteroatoms. The summed E-state index contributed by atoms with van der Waals surface area (Å²) < 4.78 is 13.3. The van der Waals surface area contributed by atoms with Crippen LogP contribution in [0.2, 0.25) is 0 Å². The molecule has 1 fully saturated rings. The van der Waals surface area contributed by atoms with Gasteiger partial charge in [-0.25, -0.2) is 19.2 Å². The number of imidazole rings is 1. The molecule has 1 saturated heterocycles. The quantitative estimate of drug-likeness (QED) is 0.765. The Labute approximate surface area is 143 Å². The molecule has 2 aromatic heterocycles. The monoisotopic (exact) mass is 340 g/mol. The predicted octanol–water partition coefficient (Wildman–Crippen LogP) is 3.18. The lowest BCUT2D eigenvalue weighted by atomic mass is 9.96. The SMILES string of the molecule is O=C(O)c1cccc(N2CCC(c3nc4ccc(F)cc4[nH]3)CC2)n1. The van der Waals surface area contributed by atoms with Crippen molar-refractivity contribution in [3.8, 4) is 0 Å². The number of aromatic amines is 1. The number of carboxylic acid groups (broad SMARTS) is 1. The molecule has 0 aliphatic carbocycles. The molecule has 0 saturated carbocycles. The van der Waals surface area contributed by atoms with Crippen LogP contribution in [-0.2, 0) is 0 Å². The van der Waals surface area contributed by atoms with Gasteiger partial charge >= 0.3 is 5.97 Å². The minimum absolute atomic E-state index is 0.0546. The third kappa shape index (κ3) is 3.05. The van der Waals surface area contributed by atoms with E-state index in [0.29, 0.717) is 11.3 Å². The zero-order valence-electron chi connectivity index (χ0n) is 13.4. The molecular formula is C18H17FN4O2. The molecule has 0 amide bonds. The Kier molecular flexibility index (Phi) is 3.83. The fourth-order valence-corrected chi connectivity index (χ4v) is 3.30. The second-order valence-corrected chi connectivity index (χ2v) is 6.23. The van der Waals surface area contributed by atoms with E-state index in [0.717, 1.165) is 37.3 Å². The highest BCUT2D eigenvalue weighted by Gasteiger charge is 2.24. The van der Waals surface area contributed by atoms with Crippen molar-refractivity contribution in [1.82, 2.24) is 15.0 Å². The molecular weight excluding hydrogens is 323 g/mol. The number of hydrogen-bond donors (Lipinski definition) is 2. The molecule has 3 heterocycles. The van der Waals surface area contributed by atoms with Gasteiger partial charge in [-0.15, -0.1) is 0 Å². The number of anilines is 1. The first-order valence-electron chi connectivity index (χ1n) is 8.20. The number of hydrogen-bond acceptors (Lipinski definition) is 4.